The molecule has 0 aromatic heterocycles. The number of nitrogens with one attached hydrogen (secondary N) is 1. The van der Waals surface area contributed by atoms with Crippen molar-refractivity contribution in [1.29, 1.82) is 0 Å². The van der Waals surface area contributed by atoms with Crippen LogP contribution in [0.4, 0.5) is 5.69 Å². The first-order chi connectivity index (χ1) is 8.58. The molecule has 1 rings (SSSR count). The van der Waals surface area contributed by atoms with Gasteiger partial charge in [-0.05, 0) is 36.6 Å². The Hall–Kier alpha value is -1.03. The van der Waals surface area contributed by atoms with Crippen molar-refractivity contribution in [2.45, 2.75) is 45.6 Å². The lowest BCUT2D eigenvalue weighted by atomic mass is 10.1. The molecule has 0 bridgehead atoms. The molecular weight excluding hydrogens is 294 g/mol. The minimum atomic E-state index is -0.784. The van der Waals surface area contributed by atoms with Gasteiger partial charge in [0.25, 0.3) is 0 Å². The van der Waals surface area contributed by atoms with Gasteiger partial charge in [-0.15, -0.1) is 0 Å². The molecule has 0 amide bonds. The highest BCUT2D eigenvalue weighted by atomic mass is 79.9. The van der Waals surface area contributed by atoms with Crippen molar-refractivity contribution in [2.75, 3.05) is 5.32 Å². The monoisotopic (exact) mass is 313 g/mol. The number of aliphatic carboxylic acids is 1. The van der Waals surface area contributed by atoms with Crippen LogP contribution in [-0.2, 0) is 11.2 Å². The summed E-state index contributed by atoms with van der Waals surface area (Å²) in [5.41, 5.74) is 2.05. The van der Waals surface area contributed by atoms with Crippen molar-refractivity contribution >= 4 is 27.6 Å². The van der Waals surface area contributed by atoms with Crippen LogP contribution >= 0.6 is 15.9 Å². The summed E-state index contributed by atoms with van der Waals surface area (Å²) in [6.07, 6.45) is 3.46. The first-order valence-corrected chi connectivity index (χ1v) is 7.15. The van der Waals surface area contributed by atoms with Crippen molar-refractivity contribution in [1.82, 2.24) is 0 Å². The van der Waals surface area contributed by atoms with Crippen LogP contribution in [0.15, 0.2) is 22.7 Å². The normalized spacial score (nSPS) is 12.2. The van der Waals surface area contributed by atoms with E-state index in [2.05, 4.69) is 35.1 Å². The van der Waals surface area contributed by atoms with E-state index in [1.807, 2.05) is 18.2 Å². The van der Waals surface area contributed by atoms with Crippen molar-refractivity contribution in [3.8, 4) is 0 Å². The lowest BCUT2D eigenvalue weighted by molar-refractivity contribution is -0.138. The van der Waals surface area contributed by atoms with Crippen molar-refractivity contribution < 1.29 is 9.90 Å². The van der Waals surface area contributed by atoms with Gasteiger partial charge in [0.2, 0.25) is 0 Å². The highest BCUT2D eigenvalue weighted by Gasteiger charge is 2.17. The van der Waals surface area contributed by atoms with Gasteiger partial charge >= 0.3 is 5.97 Å². The second-order valence-corrected chi connectivity index (χ2v) is 5.25. The van der Waals surface area contributed by atoms with Gasteiger partial charge in [0.05, 0.1) is 0 Å². The second-order valence-electron chi connectivity index (χ2n) is 4.33. The average Bonchev–Trinajstić information content (AvgIpc) is 2.35. The molecule has 0 aliphatic heterocycles. The second kappa shape index (κ2) is 7.41. The molecular formula is C14H20BrNO2. The van der Waals surface area contributed by atoms with Gasteiger partial charge in [-0.3, -0.25) is 0 Å². The predicted molar refractivity (Wildman–Crippen MR) is 78.1 cm³/mol. The minimum absolute atomic E-state index is 0.503. The van der Waals surface area contributed by atoms with Gasteiger partial charge in [0, 0.05) is 10.2 Å². The number of unbranched alkanes of at least 4 members (excludes halogenated alkanes) is 1. The van der Waals surface area contributed by atoms with E-state index in [0.29, 0.717) is 6.42 Å². The zero-order valence-corrected chi connectivity index (χ0v) is 12.5. The number of hydrogen-bond donors (Lipinski definition) is 2. The summed E-state index contributed by atoms with van der Waals surface area (Å²) in [7, 11) is 0. The Morgan fingerprint density at radius 1 is 1.44 bits per heavy atom. The standard InChI is InChI=1S/C14H20BrNO2/c1-3-5-6-13(14(17)18)16-12-8-7-11(15)9-10(12)4-2/h7-9,13,16H,3-6H2,1-2H3,(H,17,18). The Morgan fingerprint density at radius 3 is 2.72 bits per heavy atom. The van der Waals surface area contributed by atoms with Crippen LogP contribution < -0.4 is 5.32 Å². The molecule has 100 valence electrons. The third-order valence-electron chi connectivity index (χ3n) is 2.92. The molecule has 0 aliphatic rings. The number of carboxylic acid groups (broad SMARTS) is 1. The SMILES string of the molecule is CCCCC(Nc1ccc(Br)cc1CC)C(=O)O. The molecule has 3 nitrogen and oxygen atoms in total. The Balaban J connectivity index is 2.82. The third-order valence-corrected chi connectivity index (χ3v) is 3.42. The van der Waals surface area contributed by atoms with Crippen molar-refractivity contribution in [3.63, 3.8) is 0 Å². The first kappa shape index (κ1) is 15.0. The topological polar surface area (TPSA) is 49.3 Å². The quantitative estimate of drug-likeness (QED) is 0.798. The number of benzene rings is 1. The number of anilines is 1. The van der Waals surface area contributed by atoms with Gasteiger partial charge in [0.1, 0.15) is 6.04 Å². The van der Waals surface area contributed by atoms with E-state index in [1.54, 1.807) is 0 Å². The Labute approximate surface area is 117 Å². The van der Waals surface area contributed by atoms with E-state index in [4.69, 9.17) is 0 Å². The van der Waals surface area contributed by atoms with Crippen LogP contribution in [-0.4, -0.2) is 17.1 Å². The summed E-state index contributed by atoms with van der Waals surface area (Å²) in [6.45, 7) is 4.13. The molecule has 0 radical (unpaired) electrons. The third kappa shape index (κ3) is 4.33. The number of rotatable bonds is 7. The largest absolute Gasteiger partial charge is 0.480 e. The maximum absolute atomic E-state index is 11.2. The summed E-state index contributed by atoms with van der Waals surface area (Å²) in [5.74, 6) is -0.784. The first-order valence-electron chi connectivity index (χ1n) is 6.36. The number of carbonyl (C=O) groups is 1. The van der Waals surface area contributed by atoms with Crippen LogP contribution in [0.3, 0.4) is 0 Å². The zero-order valence-electron chi connectivity index (χ0n) is 10.9. The van der Waals surface area contributed by atoms with Gasteiger partial charge in [-0.2, -0.15) is 0 Å². The Kier molecular flexibility index (Phi) is 6.19. The zero-order chi connectivity index (χ0) is 13.5. The fourth-order valence-electron chi connectivity index (χ4n) is 1.85. The number of carboxylic acids is 1. The molecule has 0 fully saturated rings. The van der Waals surface area contributed by atoms with Gasteiger partial charge in [-0.1, -0.05) is 42.6 Å². The highest BCUT2D eigenvalue weighted by Crippen LogP contribution is 2.23. The van der Waals surface area contributed by atoms with E-state index in [-0.39, 0.29) is 0 Å². The molecule has 0 saturated carbocycles. The van der Waals surface area contributed by atoms with E-state index in [9.17, 15) is 9.90 Å². The van der Waals surface area contributed by atoms with Crippen molar-refractivity contribution in [2.24, 2.45) is 0 Å². The van der Waals surface area contributed by atoms with Gasteiger partial charge in [-0.25, -0.2) is 4.79 Å². The van der Waals surface area contributed by atoms with Gasteiger partial charge < -0.3 is 10.4 Å². The fourth-order valence-corrected chi connectivity index (χ4v) is 2.26. The van der Waals surface area contributed by atoms with E-state index < -0.39 is 12.0 Å². The Morgan fingerprint density at radius 2 is 2.17 bits per heavy atom. The molecule has 0 aliphatic carbocycles. The highest BCUT2D eigenvalue weighted by molar-refractivity contribution is 9.10. The number of hydrogen-bond acceptors (Lipinski definition) is 2. The molecule has 1 unspecified atom stereocenters. The van der Waals surface area contributed by atoms with E-state index >= 15 is 0 Å². The number of halogens is 1. The minimum Gasteiger partial charge on any atom is -0.480 e. The summed E-state index contributed by atoms with van der Waals surface area (Å²) in [5, 5.41) is 12.3. The molecule has 0 spiro atoms. The number of aryl methyl sites for hydroxylation is 1. The van der Waals surface area contributed by atoms with Gasteiger partial charge in [0.15, 0.2) is 0 Å². The molecule has 0 heterocycles. The summed E-state index contributed by atoms with van der Waals surface area (Å²) >= 11 is 3.43. The molecule has 1 aromatic carbocycles. The Bertz CT molecular complexity index is 407. The van der Waals surface area contributed by atoms with Crippen LogP contribution in [0, 0.1) is 0 Å². The van der Waals surface area contributed by atoms with E-state index in [1.165, 1.54) is 0 Å². The molecule has 2 N–H and O–H groups in total. The molecule has 1 atom stereocenters. The van der Waals surface area contributed by atoms with Crippen LogP contribution in [0.2, 0.25) is 0 Å². The van der Waals surface area contributed by atoms with Crippen LogP contribution in [0.25, 0.3) is 0 Å². The summed E-state index contributed by atoms with van der Waals surface area (Å²) in [4.78, 5) is 11.2. The maximum Gasteiger partial charge on any atom is 0.326 e. The molecule has 18 heavy (non-hydrogen) atoms. The average molecular weight is 314 g/mol. The lowest BCUT2D eigenvalue weighted by Crippen LogP contribution is -2.29. The lowest BCUT2D eigenvalue weighted by Gasteiger charge is -2.18. The predicted octanol–water partition coefficient (Wildman–Crippen LogP) is 4.07. The molecule has 4 heteroatoms. The fraction of sp³-hybridized carbons (Fsp3) is 0.500. The van der Waals surface area contributed by atoms with E-state index in [0.717, 1.165) is 35.0 Å². The van der Waals surface area contributed by atoms with Crippen LogP contribution in [0.5, 0.6) is 0 Å². The van der Waals surface area contributed by atoms with Crippen molar-refractivity contribution in [3.05, 3.63) is 28.2 Å². The smallest absolute Gasteiger partial charge is 0.326 e. The summed E-state index contributed by atoms with van der Waals surface area (Å²) in [6, 6.07) is 5.39. The molecule has 0 saturated heterocycles. The maximum atomic E-state index is 11.2. The summed E-state index contributed by atoms with van der Waals surface area (Å²) < 4.78 is 1.02. The molecule has 1 aromatic rings. The van der Waals surface area contributed by atoms with Crippen LogP contribution in [0.1, 0.15) is 38.7 Å².